The van der Waals surface area contributed by atoms with Crippen LogP contribution in [-0.2, 0) is 9.53 Å². The maximum Gasteiger partial charge on any atom is 0.305 e. The van der Waals surface area contributed by atoms with Gasteiger partial charge in [0, 0.05) is 6.42 Å². The van der Waals surface area contributed by atoms with Gasteiger partial charge in [-0.25, -0.2) is 0 Å². The van der Waals surface area contributed by atoms with E-state index in [-0.39, 0.29) is 5.97 Å². The van der Waals surface area contributed by atoms with Gasteiger partial charge < -0.3 is 4.74 Å². The van der Waals surface area contributed by atoms with Crippen LogP contribution in [0, 0.1) is 5.92 Å². The van der Waals surface area contributed by atoms with Crippen LogP contribution in [0.15, 0.2) is 12.2 Å². The van der Waals surface area contributed by atoms with Crippen LogP contribution in [0.3, 0.4) is 0 Å². The fourth-order valence-corrected chi connectivity index (χ4v) is 6.05. The van der Waals surface area contributed by atoms with Crippen LogP contribution in [0.1, 0.15) is 233 Å². The van der Waals surface area contributed by atoms with Gasteiger partial charge in [-0.15, -0.1) is 0 Å². The van der Waals surface area contributed by atoms with Gasteiger partial charge in [-0.2, -0.15) is 0 Å². The topological polar surface area (TPSA) is 26.3 Å². The van der Waals surface area contributed by atoms with Gasteiger partial charge in [0.2, 0.25) is 0 Å². The first kappa shape index (κ1) is 42.2. The van der Waals surface area contributed by atoms with Gasteiger partial charge in [-0.05, 0) is 44.4 Å². The van der Waals surface area contributed by atoms with E-state index >= 15 is 0 Å². The van der Waals surface area contributed by atoms with E-state index in [2.05, 4.69) is 32.9 Å². The molecule has 0 aromatic rings. The molecule has 0 aromatic carbocycles. The first-order chi connectivity index (χ1) is 21.2. The Bertz CT molecular complexity index is 554. The Morgan fingerprint density at radius 2 is 0.860 bits per heavy atom. The maximum absolute atomic E-state index is 11.9. The van der Waals surface area contributed by atoms with Crippen molar-refractivity contribution in [1.82, 2.24) is 0 Å². The molecule has 2 nitrogen and oxygen atoms in total. The van der Waals surface area contributed by atoms with Crippen molar-refractivity contribution in [3.05, 3.63) is 12.2 Å². The van der Waals surface area contributed by atoms with Crippen LogP contribution in [0.4, 0.5) is 0 Å². The van der Waals surface area contributed by atoms with Crippen LogP contribution < -0.4 is 0 Å². The molecule has 0 radical (unpaired) electrons. The zero-order valence-electron chi connectivity index (χ0n) is 30.1. The molecule has 0 spiro atoms. The molecule has 0 amide bonds. The molecule has 0 saturated carbocycles. The summed E-state index contributed by atoms with van der Waals surface area (Å²) in [5.41, 5.74) is 0. The van der Waals surface area contributed by atoms with E-state index in [1.54, 1.807) is 0 Å². The van der Waals surface area contributed by atoms with E-state index in [1.807, 2.05) is 0 Å². The standard InChI is InChI=1S/C41H80O2/c1-4-6-7-8-9-10-11-19-23-26-29-32-35-38-41(42)43-39-36-33-30-27-24-21-18-16-14-12-13-15-17-20-22-25-28-31-34-37-40(3)5-2/h10-11,40H,4-9,12-39H2,1-3H3/b11-10-. The number of allylic oxidation sites excluding steroid dienone is 2. The van der Waals surface area contributed by atoms with Gasteiger partial charge >= 0.3 is 5.97 Å². The summed E-state index contributed by atoms with van der Waals surface area (Å²) in [6.07, 6.45) is 48.6. The van der Waals surface area contributed by atoms with Crippen molar-refractivity contribution in [3.8, 4) is 0 Å². The van der Waals surface area contributed by atoms with Crippen molar-refractivity contribution in [2.45, 2.75) is 233 Å². The van der Waals surface area contributed by atoms with Gasteiger partial charge in [0.05, 0.1) is 6.61 Å². The highest BCUT2D eigenvalue weighted by Crippen LogP contribution is 2.17. The van der Waals surface area contributed by atoms with Crippen molar-refractivity contribution < 1.29 is 9.53 Å². The third-order valence-corrected chi connectivity index (χ3v) is 9.44. The predicted molar refractivity (Wildman–Crippen MR) is 193 cm³/mol. The Balaban J connectivity index is 3.17. The van der Waals surface area contributed by atoms with Crippen LogP contribution in [0.5, 0.6) is 0 Å². The highest BCUT2D eigenvalue weighted by Gasteiger charge is 2.03. The van der Waals surface area contributed by atoms with Crippen LogP contribution in [0.2, 0.25) is 0 Å². The van der Waals surface area contributed by atoms with Crippen molar-refractivity contribution in [3.63, 3.8) is 0 Å². The second-order valence-electron chi connectivity index (χ2n) is 13.9. The van der Waals surface area contributed by atoms with E-state index in [0.29, 0.717) is 13.0 Å². The number of hydrogen-bond acceptors (Lipinski definition) is 2. The summed E-state index contributed by atoms with van der Waals surface area (Å²) in [6, 6.07) is 0. The SMILES string of the molecule is CCCCCC/C=C\CCCCCCCC(=O)OCCCCCCCCCCCCCCCCCCCCCC(C)CC. The molecule has 0 aliphatic rings. The monoisotopic (exact) mass is 605 g/mol. The molecular formula is C41H80O2. The first-order valence-electron chi connectivity index (χ1n) is 20.0. The minimum atomic E-state index is 0.0178. The highest BCUT2D eigenvalue weighted by molar-refractivity contribution is 5.69. The quantitative estimate of drug-likeness (QED) is 0.0404. The molecule has 1 unspecified atom stereocenters. The molecule has 0 saturated heterocycles. The average Bonchev–Trinajstić information content (AvgIpc) is 3.01. The summed E-state index contributed by atoms with van der Waals surface area (Å²) in [5.74, 6) is 0.951. The normalized spacial score (nSPS) is 12.3. The number of unbranched alkanes of at least 4 members (excludes halogenated alkanes) is 27. The highest BCUT2D eigenvalue weighted by atomic mass is 16.5. The van der Waals surface area contributed by atoms with E-state index in [9.17, 15) is 4.79 Å². The minimum Gasteiger partial charge on any atom is -0.466 e. The average molecular weight is 605 g/mol. The number of hydrogen-bond donors (Lipinski definition) is 0. The van der Waals surface area contributed by atoms with E-state index in [1.165, 1.54) is 186 Å². The van der Waals surface area contributed by atoms with Crippen LogP contribution in [0.25, 0.3) is 0 Å². The molecule has 0 N–H and O–H groups in total. The van der Waals surface area contributed by atoms with Crippen LogP contribution >= 0.6 is 0 Å². The summed E-state index contributed by atoms with van der Waals surface area (Å²) >= 11 is 0. The third kappa shape index (κ3) is 37.3. The Morgan fingerprint density at radius 3 is 1.30 bits per heavy atom. The summed E-state index contributed by atoms with van der Waals surface area (Å²) in [4.78, 5) is 11.9. The lowest BCUT2D eigenvalue weighted by Crippen LogP contribution is -2.05. The molecule has 0 aromatic heterocycles. The Kier molecular flexibility index (Phi) is 36.7. The lowest BCUT2D eigenvalue weighted by Gasteiger charge is -2.07. The van der Waals surface area contributed by atoms with Crippen molar-refractivity contribution in [2.24, 2.45) is 5.92 Å². The smallest absolute Gasteiger partial charge is 0.305 e. The zero-order valence-corrected chi connectivity index (χ0v) is 30.1. The summed E-state index contributed by atoms with van der Waals surface area (Å²) in [5, 5.41) is 0. The molecule has 2 heteroatoms. The predicted octanol–water partition coefficient (Wildman–Crippen LogP) is 14.6. The molecule has 0 rings (SSSR count). The lowest BCUT2D eigenvalue weighted by molar-refractivity contribution is -0.143. The molecule has 1 atom stereocenters. The summed E-state index contributed by atoms with van der Waals surface area (Å²) in [6.45, 7) is 7.61. The van der Waals surface area contributed by atoms with Gasteiger partial charge in [0.25, 0.3) is 0 Å². The Morgan fingerprint density at radius 1 is 0.488 bits per heavy atom. The molecule has 0 heterocycles. The summed E-state index contributed by atoms with van der Waals surface area (Å²) in [7, 11) is 0. The van der Waals surface area contributed by atoms with Crippen molar-refractivity contribution in [1.29, 1.82) is 0 Å². The van der Waals surface area contributed by atoms with Crippen molar-refractivity contribution in [2.75, 3.05) is 6.61 Å². The number of esters is 1. The second kappa shape index (κ2) is 37.4. The number of ether oxygens (including phenoxy) is 1. The molecule has 43 heavy (non-hydrogen) atoms. The third-order valence-electron chi connectivity index (χ3n) is 9.44. The molecule has 256 valence electrons. The van der Waals surface area contributed by atoms with Gasteiger partial charge in [-0.1, -0.05) is 200 Å². The molecular weight excluding hydrogens is 524 g/mol. The van der Waals surface area contributed by atoms with Crippen molar-refractivity contribution >= 4 is 5.97 Å². The van der Waals surface area contributed by atoms with E-state index in [4.69, 9.17) is 4.74 Å². The summed E-state index contributed by atoms with van der Waals surface area (Å²) < 4.78 is 5.45. The van der Waals surface area contributed by atoms with Crippen LogP contribution in [-0.4, -0.2) is 12.6 Å². The number of carbonyl (C=O) groups excluding carboxylic acids is 1. The largest absolute Gasteiger partial charge is 0.466 e. The lowest BCUT2D eigenvalue weighted by atomic mass is 9.99. The van der Waals surface area contributed by atoms with Gasteiger partial charge in [0.15, 0.2) is 0 Å². The fourth-order valence-electron chi connectivity index (χ4n) is 6.05. The Hall–Kier alpha value is -0.790. The van der Waals surface area contributed by atoms with Gasteiger partial charge in [0.1, 0.15) is 0 Å². The zero-order chi connectivity index (χ0) is 31.3. The molecule has 0 bridgehead atoms. The molecule has 0 aliphatic carbocycles. The number of carbonyl (C=O) groups is 1. The van der Waals surface area contributed by atoms with E-state index < -0.39 is 0 Å². The van der Waals surface area contributed by atoms with E-state index in [0.717, 1.165) is 25.2 Å². The molecule has 0 fully saturated rings. The number of rotatable bonds is 36. The Labute approximate surface area is 272 Å². The minimum absolute atomic E-state index is 0.0178. The fraction of sp³-hybridized carbons (Fsp3) is 0.927. The van der Waals surface area contributed by atoms with Gasteiger partial charge in [-0.3, -0.25) is 4.79 Å². The maximum atomic E-state index is 11.9. The first-order valence-corrected chi connectivity index (χ1v) is 20.0. The molecule has 0 aliphatic heterocycles. The second-order valence-corrected chi connectivity index (χ2v) is 13.9.